The Morgan fingerprint density at radius 1 is 1.17 bits per heavy atom. The van der Waals surface area contributed by atoms with E-state index in [4.69, 9.17) is 5.73 Å². The molecule has 0 saturated carbocycles. The largest absolute Gasteiger partial charge is 0.365 e. The number of aryl methyl sites for hydroxylation is 1. The van der Waals surface area contributed by atoms with Gasteiger partial charge in [0.1, 0.15) is 17.4 Å². The molecule has 154 valence electrons. The lowest BCUT2D eigenvalue weighted by Crippen LogP contribution is -2.37. The standard InChI is InChI=1S/C21H24FN3O3S/c1-2-18(27)25(11-13-7-9-14(22)10-8-13)12-17(26)24-21-19(20(23)28)15-5-3-4-6-16(15)29-21/h7-10H,2-6,11-12H2,1H3,(H2,23,28)(H,24,26). The first-order valence-electron chi connectivity index (χ1n) is 9.65. The summed E-state index contributed by atoms with van der Waals surface area (Å²) in [5.41, 5.74) is 7.63. The van der Waals surface area contributed by atoms with Crippen molar-refractivity contribution in [3.63, 3.8) is 0 Å². The van der Waals surface area contributed by atoms with Crippen LogP contribution in [-0.2, 0) is 29.0 Å². The van der Waals surface area contributed by atoms with E-state index in [1.807, 2.05) is 0 Å². The quantitative estimate of drug-likeness (QED) is 0.724. The predicted octanol–water partition coefficient (Wildman–Crippen LogP) is 3.24. The fraction of sp³-hybridized carbons (Fsp3) is 0.381. The normalized spacial score (nSPS) is 12.9. The Bertz CT molecular complexity index is 924. The highest BCUT2D eigenvalue weighted by Gasteiger charge is 2.25. The maximum absolute atomic E-state index is 13.1. The van der Waals surface area contributed by atoms with E-state index in [9.17, 15) is 18.8 Å². The summed E-state index contributed by atoms with van der Waals surface area (Å²) in [5.74, 6) is -1.49. The zero-order valence-corrected chi connectivity index (χ0v) is 17.1. The third-order valence-electron chi connectivity index (χ3n) is 4.95. The van der Waals surface area contributed by atoms with Gasteiger partial charge >= 0.3 is 0 Å². The molecule has 0 aliphatic heterocycles. The van der Waals surface area contributed by atoms with Crippen LogP contribution in [0.1, 0.15) is 52.5 Å². The highest BCUT2D eigenvalue weighted by molar-refractivity contribution is 7.17. The summed E-state index contributed by atoms with van der Waals surface area (Å²) in [6.07, 6.45) is 3.95. The molecular weight excluding hydrogens is 393 g/mol. The summed E-state index contributed by atoms with van der Waals surface area (Å²) in [4.78, 5) is 39.4. The van der Waals surface area contributed by atoms with Crippen molar-refractivity contribution in [2.45, 2.75) is 45.6 Å². The van der Waals surface area contributed by atoms with E-state index in [0.29, 0.717) is 10.6 Å². The van der Waals surface area contributed by atoms with Gasteiger partial charge in [-0.2, -0.15) is 0 Å². The topological polar surface area (TPSA) is 92.5 Å². The molecule has 2 aromatic rings. The monoisotopic (exact) mass is 417 g/mol. The summed E-state index contributed by atoms with van der Waals surface area (Å²) in [6.45, 7) is 1.76. The number of carbonyl (C=O) groups excluding carboxylic acids is 3. The zero-order valence-electron chi connectivity index (χ0n) is 16.3. The van der Waals surface area contributed by atoms with Crippen LogP contribution in [0.15, 0.2) is 24.3 Å². The summed E-state index contributed by atoms with van der Waals surface area (Å²) in [7, 11) is 0. The second-order valence-corrected chi connectivity index (χ2v) is 8.16. The van der Waals surface area contributed by atoms with Gasteiger partial charge in [-0.05, 0) is 48.9 Å². The Labute approximate surface area is 172 Å². The molecule has 29 heavy (non-hydrogen) atoms. The van der Waals surface area contributed by atoms with Crippen molar-refractivity contribution in [3.05, 3.63) is 51.7 Å². The van der Waals surface area contributed by atoms with Gasteiger partial charge in [0.05, 0.1) is 5.56 Å². The summed E-state index contributed by atoms with van der Waals surface area (Å²) < 4.78 is 13.1. The van der Waals surface area contributed by atoms with E-state index >= 15 is 0 Å². The zero-order chi connectivity index (χ0) is 21.0. The highest BCUT2D eigenvalue weighted by atomic mass is 32.1. The molecule has 1 aromatic carbocycles. The Hall–Kier alpha value is -2.74. The first-order chi connectivity index (χ1) is 13.9. The Morgan fingerprint density at radius 2 is 1.86 bits per heavy atom. The Balaban J connectivity index is 1.75. The van der Waals surface area contributed by atoms with E-state index in [-0.39, 0.29) is 31.2 Å². The number of carbonyl (C=O) groups is 3. The van der Waals surface area contributed by atoms with Gasteiger partial charge in [-0.3, -0.25) is 14.4 Å². The second-order valence-electron chi connectivity index (χ2n) is 7.06. The molecule has 3 N–H and O–H groups in total. The lowest BCUT2D eigenvalue weighted by molar-refractivity contribution is -0.135. The van der Waals surface area contributed by atoms with Gasteiger partial charge in [-0.25, -0.2) is 4.39 Å². The second kappa shape index (κ2) is 9.17. The number of hydrogen-bond acceptors (Lipinski definition) is 4. The molecule has 0 unspecified atom stereocenters. The minimum absolute atomic E-state index is 0.162. The van der Waals surface area contributed by atoms with Gasteiger partial charge in [-0.15, -0.1) is 11.3 Å². The smallest absolute Gasteiger partial charge is 0.251 e. The van der Waals surface area contributed by atoms with Crippen LogP contribution in [-0.4, -0.2) is 29.2 Å². The van der Waals surface area contributed by atoms with E-state index in [0.717, 1.165) is 41.7 Å². The number of amides is 3. The van der Waals surface area contributed by atoms with Crippen LogP contribution < -0.4 is 11.1 Å². The van der Waals surface area contributed by atoms with E-state index in [1.165, 1.54) is 28.4 Å². The number of thiophene rings is 1. The molecule has 3 rings (SSSR count). The predicted molar refractivity (Wildman–Crippen MR) is 110 cm³/mol. The number of fused-ring (bicyclic) bond motifs is 1. The summed E-state index contributed by atoms with van der Waals surface area (Å²) >= 11 is 1.39. The number of nitrogens with one attached hydrogen (secondary N) is 1. The maximum atomic E-state index is 13.1. The van der Waals surface area contributed by atoms with Crippen LogP contribution in [0.5, 0.6) is 0 Å². The minimum atomic E-state index is -0.549. The third kappa shape index (κ3) is 5.00. The summed E-state index contributed by atoms with van der Waals surface area (Å²) in [5, 5.41) is 3.24. The molecular formula is C21H24FN3O3S. The molecule has 0 fully saturated rings. The number of nitrogens with two attached hydrogens (primary N) is 1. The lowest BCUT2D eigenvalue weighted by Gasteiger charge is -2.22. The van der Waals surface area contributed by atoms with Crippen LogP contribution >= 0.6 is 11.3 Å². The van der Waals surface area contributed by atoms with Gasteiger partial charge in [-0.1, -0.05) is 19.1 Å². The molecule has 1 heterocycles. The molecule has 1 aliphatic rings. The fourth-order valence-electron chi connectivity index (χ4n) is 3.52. The first kappa shape index (κ1) is 21.0. The molecule has 1 aliphatic carbocycles. The Morgan fingerprint density at radius 3 is 2.52 bits per heavy atom. The van der Waals surface area contributed by atoms with Gasteiger partial charge < -0.3 is 16.0 Å². The number of benzene rings is 1. The van der Waals surface area contributed by atoms with Crippen molar-refractivity contribution in [1.29, 1.82) is 0 Å². The molecule has 0 spiro atoms. The van der Waals surface area contributed by atoms with Crippen molar-refractivity contribution in [2.24, 2.45) is 5.73 Å². The van der Waals surface area contributed by atoms with Gasteiger partial charge in [0.2, 0.25) is 11.8 Å². The number of rotatable bonds is 7. The number of primary amides is 1. The lowest BCUT2D eigenvalue weighted by atomic mass is 9.95. The molecule has 1 aromatic heterocycles. The number of anilines is 1. The molecule has 0 atom stereocenters. The van der Waals surface area contributed by atoms with E-state index in [2.05, 4.69) is 5.32 Å². The van der Waals surface area contributed by atoms with Crippen molar-refractivity contribution < 1.29 is 18.8 Å². The molecule has 0 radical (unpaired) electrons. The molecule has 0 bridgehead atoms. The molecule has 0 saturated heterocycles. The molecule has 8 heteroatoms. The average molecular weight is 418 g/mol. The SMILES string of the molecule is CCC(=O)N(CC(=O)Nc1sc2c(c1C(N)=O)CCCC2)Cc1ccc(F)cc1. The number of halogens is 1. The molecule has 3 amide bonds. The van der Waals surface area contributed by atoms with Crippen LogP contribution in [0, 0.1) is 5.82 Å². The van der Waals surface area contributed by atoms with Crippen LogP contribution in [0.4, 0.5) is 9.39 Å². The van der Waals surface area contributed by atoms with Crippen LogP contribution in [0.25, 0.3) is 0 Å². The Kier molecular flexibility index (Phi) is 6.64. The van der Waals surface area contributed by atoms with Gasteiger partial charge in [0.25, 0.3) is 5.91 Å². The van der Waals surface area contributed by atoms with Crippen LogP contribution in [0.3, 0.4) is 0 Å². The average Bonchev–Trinajstić information content (AvgIpc) is 3.06. The molecule has 6 nitrogen and oxygen atoms in total. The summed E-state index contributed by atoms with van der Waals surface area (Å²) in [6, 6.07) is 5.81. The van der Waals surface area contributed by atoms with Crippen molar-refractivity contribution in [2.75, 3.05) is 11.9 Å². The highest BCUT2D eigenvalue weighted by Crippen LogP contribution is 2.37. The fourth-order valence-corrected chi connectivity index (χ4v) is 4.83. The van der Waals surface area contributed by atoms with Crippen molar-refractivity contribution in [1.82, 2.24) is 4.90 Å². The van der Waals surface area contributed by atoms with E-state index in [1.54, 1.807) is 19.1 Å². The van der Waals surface area contributed by atoms with Gasteiger partial charge in [0, 0.05) is 17.8 Å². The van der Waals surface area contributed by atoms with Gasteiger partial charge in [0.15, 0.2) is 0 Å². The number of hydrogen-bond donors (Lipinski definition) is 2. The van der Waals surface area contributed by atoms with Crippen LogP contribution in [0.2, 0.25) is 0 Å². The van der Waals surface area contributed by atoms with Crippen molar-refractivity contribution >= 4 is 34.1 Å². The van der Waals surface area contributed by atoms with Crippen molar-refractivity contribution in [3.8, 4) is 0 Å². The number of nitrogens with zero attached hydrogens (tertiary/aromatic N) is 1. The first-order valence-corrected chi connectivity index (χ1v) is 10.5. The third-order valence-corrected chi connectivity index (χ3v) is 6.15. The minimum Gasteiger partial charge on any atom is -0.365 e. The van der Waals surface area contributed by atoms with E-state index < -0.39 is 11.8 Å². The maximum Gasteiger partial charge on any atom is 0.251 e.